The SMILES string of the molecule is C=CCC([Si])(CCC)CCC. The second kappa shape index (κ2) is 5.59. The minimum atomic E-state index is 0.339. The number of hydrogen-bond donors (Lipinski definition) is 0. The molecule has 0 saturated carbocycles. The molecule has 0 aromatic rings. The summed E-state index contributed by atoms with van der Waals surface area (Å²) in [5.41, 5.74) is 0. The molecule has 0 saturated heterocycles. The molecule has 0 aliphatic rings. The maximum Gasteiger partial charge on any atom is 0.0317 e. The first kappa shape index (κ1) is 11.0. The van der Waals surface area contributed by atoms with E-state index in [2.05, 4.69) is 30.7 Å². The average Bonchev–Trinajstić information content (AvgIpc) is 1.88. The van der Waals surface area contributed by atoms with Gasteiger partial charge in [0.25, 0.3) is 0 Å². The second-order valence-corrected chi connectivity index (χ2v) is 4.33. The first-order valence-electron chi connectivity index (χ1n) is 4.54. The summed E-state index contributed by atoms with van der Waals surface area (Å²) in [7, 11) is 3.85. The molecule has 0 rings (SSSR count). The highest BCUT2D eigenvalue weighted by atomic mass is 28.1. The normalized spacial score (nSPS) is 11.5. The summed E-state index contributed by atoms with van der Waals surface area (Å²) in [5.74, 6) is 0. The van der Waals surface area contributed by atoms with Crippen LogP contribution in [0.3, 0.4) is 0 Å². The number of rotatable bonds is 6. The molecule has 0 heterocycles. The maximum absolute atomic E-state index is 3.85. The third-order valence-electron chi connectivity index (χ3n) is 1.99. The summed E-state index contributed by atoms with van der Waals surface area (Å²) in [6, 6.07) is 0. The predicted octanol–water partition coefficient (Wildman–Crippen LogP) is 3.49. The average molecular weight is 167 g/mol. The lowest BCUT2D eigenvalue weighted by Gasteiger charge is -2.27. The van der Waals surface area contributed by atoms with Crippen LogP contribution in [0, 0.1) is 0 Å². The summed E-state index contributed by atoms with van der Waals surface area (Å²) >= 11 is 0. The van der Waals surface area contributed by atoms with Gasteiger partial charge in [0.05, 0.1) is 0 Å². The van der Waals surface area contributed by atoms with E-state index in [1.165, 1.54) is 25.7 Å². The van der Waals surface area contributed by atoms with Crippen LogP contribution < -0.4 is 0 Å². The van der Waals surface area contributed by atoms with Gasteiger partial charge in [-0.2, -0.15) is 0 Å². The molecule has 11 heavy (non-hydrogen) atoms. The minimum absolute atomic E-state index is 0.339. The number of allylic oxidation sites excluding steroid dienone is 1. The van der Waals surface area contributed by atoms with Crippen molar-refractivity contribution in [3.63, 3.8) is 0 Å². The van der Waals surface area contributed by atoms with Crippen molar-refractivity contribution in [2.45, 2.75) is 51.0 Å². The van der Waals surface area contributed by atoms with Crippen LogP contribution in [0.4, 0.5) is 0 Å². The second-order valence-electron chi connectivity index (χ2n) is 3.27. The summed E-state index contributed by atoms with van der Waals surface area (Å²) in [6.45, 7) is 8.24. The van der Waals surface area contributed by atoms with Crippen LogP contribution in [0.15, 0.2) is 12.7 Å². The van der Waals surface area contributed by atoms with Gasteiger partial charge in [-0.3, -0.25) is 0 Å². The van der Waals surface area contributed by atoms with Crippen molar-refractivity contribution in [3.8, 4) is 0 Å². The molecule has 0 amide bonds. The molecule has 1 heteroatoms. The summed E-state index contributed by atoms with van der Waals surface area (Å²) in [6.07, 6.45) is 8.10. The smallest absolute Gasteiger partial charge is 0.0317 e. The van der Waals surface area contributed by atoms with Crippen LogP contribution >= 0.6 is 0 Å². The Labute approximate surface area is 74.5 Å². The van der Waals surface area contributed by atoms with Gasteiger partial charge < -0.3 is 0 Å². The van der Waals surface area contributed by atoms with Gasteiger partial charge in [0.1, 0.15) is 0 Å². The summed E-state index contributed by atoms with van der Waals surface area (Å²) in [4.78, 5) is 0. The highest BCUT2D eigenvalue weighted by Gasteiger charge is 2.19. The number of hydrogen-bond acceptors (Lipinski definition) is 0. The van der Waals surface area contributed by atoms with Crippen LogP contribution in [-0.2, 0) is 0 Å². The lowest BCUT2D eigenvalue weighted by Crippen LogP contribution is -2.11. The van der Waals surface area contributed by atoms with Crippen LogP contribution in [0.2, 0.25) is 5.04 Å². The van der Waals surface area contributed by atoms with E-state index in [0.717, 1.165) is 6.42 Å². The van der Waals surface area contributed by atoms with Gasteiger partial charge in [-0.05, 0) is 11.5 Å². The third-order valence-corrected chi connectivity index (χ3v) is 2.70. The van der Waals surface area contributed by atoms with Crippen molar-refractivity contribution >= 4 is 10.2 Å². The Kier molecular flexibility index (Phi) is 5.57. The Morgan fingerprint density at radius 2 is 1.73 bits per heavy atom. The topological polar surface area (TPSA) is 0 Å². The molecule has 63 valence electrons. The van der Waals surface area contributed by atoms with Crippen molar-refractivity contribution in [1.29, 1.82) is 0 Å². The minimum Gasteiger partial charge on any atom is -0.103 e. The van der Waals surface area contributed by atoms with E-state index in [0.29, 0.717) is 5.04 Å². The fourth-order valence-corrected chi connectivity index (χ4v) is 2.21. The van der Waals surface area contributed by atoms with E-state index in [1.807, 2.05) is 6.08 Å². The molecule has 0 N–H and O–H groups in total. The van der Waals surface area contributed by atoms with Crippen LogP contribution in [0.25, 0.3) is 0 Å². The van der Waals surface area contributed by atoms with Crippen molar-refractivity contribution < 1.29 is 0 Å². The highest BCUT2D eigenvalue weighted by molar-refractivity contribution is 6.15. The van der Waals surface area contributed by atoms with Gasteiger partial charge in [-0.1, -0.05) is 45.6 Å². The standard InChI is InChI=1S/C10H19Si/c1-4-7-10(11,8-5-2)9-6-3/h4H,1,5-9H2,2-3H3. The zero-order valence-electron chi connectivity index (χ0n) is 7.82. The molecule has 3 radical (unpaired) electrons. The Bertz CT molecular complexity index is 101. The van der Waals surface area contributed by atoms with Gasteiger partial charge in [0.15, 0.2) is 0 Å². The van der Waals surface area contributed by atoms with E-state index in [9.17, 15) is 0 Å². The largest absolute Gasteiger partial charge is 0.103 e. The lowest BCUT2D eigenvalue weighted by atomic mass is 9.93. The molecule has 0 nitrogen and oxygen atoms in total. The monoisotopic (exact) mass is 167 g/mol. The molecule has 0 unspecified atom stereocenters. The third kappa shape index (κ3) is 4.41. The van der Waals surface area contributed by atoms with Crippen LogP contribution in [0.1, 0.15) is 46.0 Å². The van der Waals surface area contributed by atoms with E-state index >= 15 is 0 Å². The Morgan fingerprint density at radius 3 is 2.00 bits per heavy atom. The predicted molar refractivity (Wildman–Crippen MR) is 53.1 cm³/mol. The molecule has 0 bridgehead atoms. The lowest BCUT2D eigenvalue weighted by molar-refractivity contribution is 0.470. The van der Waals surface area contributed by atoms with E-state index in [-0.39, 0.29) is 0 Å². The van der Waals surface area contributed by atoms with E-state index in [4.69, 9.17) is 0 Å². The van der Waals surface area contributed by atoms with Crippen molar-refractivity contribution in [2.24, 2.45) is 0 Å². The van der Waals surface area contributed by atoms with Crippen molar-refractivity contribution in [2.75, 3.05) is 0 Å². The molecular formula is C10H19Si. The fourth-order valence-electron chi connectivity index (χ4n) is 1.56. The van der Waals surface area contributed by atoms with Crippen LogP contribution in [0.5, 0.6) is 0 Å². The summed E-state index contributed by atoms with van der Waals surface area (Å²) < 4.78 is 0. The molecule has 0 aromatic carbocycles. The van der Waals surface area contributed by atoms with E-state index in [1.54, 1.807) is 0 Å². The van der Waals surface area contributed by atoms with Crippen molar-refractivity contribution in [3.05, 3.63) is 12.7 Å². The van der Waals surface area contributed by atoms with Gasteiger partial charge in [0.2, 0.25) is 0 Å². The summed E-state index contributed by atoms with van der Waals surface area (Å²) in [5, 5.41) is 0.339. The van der Waals surface area contributed by atoms with E-state index < -0.39 is 0 Å². The highest BCUT2D eigenvalue weighted by Crippen LogP contribution is 2.37. The zero-order chi connectivity index (χ0) is 8.74. The molecule has 0 aromatic heterocycles. The molecule has 0 aliphatic carbocycles. The molecular weight excluding hydrogens is 148 g/mol. The first-order chi connectivity index (χ1) is 5.18. The molecule has 0 spiro atoms. The molecule has 0 fully saturated rings. The zero-order valence-corrected chi connectivity index (χ0v) is 8.82. The van der Waals surface area contributed by atoms with Gasteiger partial charge in [-0.25, -0.2) is 0 Å². The molecule has 0 aliphatic heterocycles. The van der Waals surface area contributed by atoms with Crippen molar-refractivity contribution in [1.82, 2.24) is 0 Å². The van der Waals surface area contributed by atoms with Gasteiger partial charge in [-0.15, -0.1) is 6.58 Å². The first-order valence-corrected chi connectivity index (χ1v) is 5.04. The Balaban J connectivity index is 3.88. The maximum atomic E-state index is 3.85. The Hall–Kier alpha value is -0.0431. The quantitative estimate of drug-likeness (QED) is 0.419. The molecule has 0 atom stereocenters. The fraction of sp³-hybridized carbons (Fsp3) is 0.800. The Morgan fingerprint density at radius 1 is 1.27 bits per heavy atom. The van der Waals surface area contributed by atoms with Gasteiger partial charge >= 0.3 is 0 Å². The van der Waals surface area contributed by atoms with Gasteiger partial charge in [0, 0.05) is 10.2 Å². The van der Waals surface area contributed by atoms with Crippen LogP contribution in [-0.4, -0.2) is 10.2 Å².